The Morgan fingerprint density at radius 2 is 2.11 bits per heavy atom. The van der Waals surface area contributed by atoms with Crippen LogP contribution in [0.1, 0.15) is 24.2 Å². The Labute approximate surface area is 120 Å². The molecule has 102 valence electrons. The van der Waals surface area contributed by atoms with E-state index in [9.17, 15) is 4.79 Å². The van der Waals surface area contributed by atoms with Gasteiger partial charge in [-0.15, -0.1) is 23.1 Å². The van der Waals surface area contributed by atoms with Crippen molar-refractivity contribution in [3.05, 3.63) is 23.1 Å². The molecule has 0 radical (unpaired) electrons. The van der Waals surface area contributed by atoms with Crippen molar-refractivity contribution < 1.29 is 14.3 Å². The fourth-order valence-corrected chi connectivity index (χ4v) is 3.65. The lowest BCUT2D eigenvalue weighted by Crippen LogP contribution is -2.06. The summed E-state index contributed by atoms with van der Waals surface area (Å²) in [5, 5.41) is 3.01. The maximum atomic E-state index is 12.0. The molecule has 1 aromatic carbocycles. The molecular weight excluding hydrogens is 280 g/mol. The number of hydrogen-bond donors (Lipinski definition) is 0. The summed E-state index contributed by atoms with van der Waals surface area (Å²) in [6.45, 7) is 4.76. The Morgan fingerprint density at radius 3 is 2.74 bits per heavy atom. The van der Waals surface area contributed by atoms with E-state index in [0.717, 1.165) is 20.7 Å². The van der Waals surface area contributed by atoms with E-state index in [1.165, 1.54) is 0 Å². The van der Waals surface area contributed by atoms with Gasteiger partial charge in [-0.2, -0.15) is 0 Å². The maximum absolute atomic E-state index is 12.0. The highest BCUT2D eigenvalue weighted by molar-refractivity contribution is 7.99. The molecule has 0 fully saturated rings. The predicted octanol–water partition coefficient (Wildman–Crippen LogP) is 4.20. The van der Waals surface area contributed by atoms with Gasteiger partial charge in [-0.25, -0.2) is 4.79 Å². The van der Waals surface area contributed by atoms with Gasteiger partial charge >= 0.3 is 5.97 Å². The average Bonchev–Trinajstić information content (AvgIpc) is 2.82. The molecule has 2 rings (SSSR count). The highest BCUT2D eigenvalue weighted by Crippen LogP contribution is 2.40. The first kappa shape index (κ1) is 14.2. The Bertz CT molecular complexity index is 590. The second kappa shape index (κ2) is 6.30. The summed E-state index contributed by atoms with van der Waals surface area (Å²) in [5.41, 5.74) is 0.612. The molecule has 0 N–H and O–H groups in total. The van der Waals surface area contributed by atoms with Gasteiger partial charge in [0, 0.05) is 20.4 Å². The van der Waals surface area contributed by atoms with E-state index in [1.54, 1.807) is 23.1 Å². The number of thioether (sulfide) groups is 1. The SMILES string of the molecule is CCOC(=O)c1ccc2scc(OCC)c2c1SC. The second-order valence-electron chi connectivity index (χ2n) is 3.77. The largest absolute Gasteiger partial charge is 0.492 e. The summed E-state index contributed by atoms with van der Waals surface area (Å²) in [5.74, 6) is 0.570. The first-order valence-electron chi connectivity index (χ1n) is 6.11. The fraction of sp³-hybridized carbons (Fsp3) is 0.357. The van der Waals surface area contributed by atoms with Crippen LogP contribution in [0.2, 0.25) is 0 Å². The number of hydrogen-bond acceptors (Lipinski definition) is 5. The van der Waals surface area contributed by atoms with Crippen molar-refractivity contribution in [1.82, 2.24) is 0 Å². The van der Waals surface area contributed by atoms with E-state index in [1.807, 2.05) is 37.6 Å². The van der Waals surface area contributed by atoms with E-state index in [4.69, 9.17) is 9.47 Å². The number of carbonyl (C=O) groups excluding carboxylic acids is 1. The van der Waals surface area contributed by atoms with Crippen LogP contribution in [0.25, 0.3) is 10.1 Å². The van der Waals surface area contributed by atoms with Crippen LogP contribution in [0.15, 0.2) is 22.4 Å². The van der Waals surface area contributed by atoms with Crippen LogP contribution < -0.4 is 4.74 Å². The molecular formula is C14H16O3S2. The molecule has 0 spiro atoms. The van der Waals surface area contributed by atoms with Crippen LogP contribution in [0.5, 0.6) is 5.75 Å². The molecule has 0 saturated carbocycles. The van der Waals surface area contributed by atoms with Gasteiger partial charge < -0.3 is 9.47 Å². The standard InChI is InChI=1S/C14H16O3S2/c1-4-16-10-8-19-11-7-6-9(14(15)17-5-2)13(18-3)12(10)11/h6-8H,4-5H2,1-3H3. The number of carbonyl (C=O) groups is 1. The van der Waals surface area contributed by atoms with Gasteiger partial charge in [-0.05, 0) is 32.2 Å². The molecule has 0 bridgehead atoms. The first-order chi connectivity index (χ1) is 9.22. The van der Waals surface area contributed by atoms with Crippen LogP contribution in [-0.2, 0) is 4.74 Å². The number of esters is 1. The molecule has 1 aromatic heterocycles. The average molecular weight is 296 g/mol. The van der Waals surface area contributed by atoms with Crippen molar-refractivity contribution in [3.63, 3.8) is 0 Å². The van der Waals surface area contributed by atoms with Crippen molar-refractivity contribution in [1.29, 1.82) is 0 Å². The monoisotopic (exact) mass is 296 g/mol. The lowest BCUT2D eigenvalue weighted by molar-refractivity contribution is 0.0522. The predicted molar refractivity (Wildman–Crippen MR) is 80.7 cm³/mol. The molecule has 0 amide bonds. The number of fused-ring (bicyclic) bond motifs is 1. The third-order valence-electron chi connectivity index (χ3n) is 2.66. The Kier molecular flexibility index (Phi) is 4.71. The normalized spacial score (nSPS) is 10.7. The molecule has 0 unspecified atom stereocenters. The van der Waals surface area contributed by atoms with Crippen LogP contribution >= 0.6 is 23.1 Å². The molecule has 3 nitrogen and oxygen atoms in total. The van der Waals surface area contributed by atoms with Gasteiger partial charge in [-0.3, -0.25) is 0 Å². The molecule has 0 aliphatic rings. The molecule has 0 atom stereocenters. The lowest BCUT2D eigenvalue weighted by Gasteiger charge is -2.10. The van der Waals surface area contributed by atoms with Gasteiger partial charge in [0.05, 0.1) is 18.8 Å². The number of thiophene rings is 1. The van der Waals surface area contributed by atoms with Crippen LogP contribution in [-0.4, -0.2) is 25.4 Å². The summed E-state index contributed by atoms with van der Waals surface area (Å²) in [6, 6.07) is 3.78. The van der Waals surface area contributed by atoms with Gasteiger partial charge in [0.1, 0.15) is 5.75 Å². The summed E-state index contributed by atoms with van der Waals surface area (Å²) < 4.78 is 11.9. The zero-order valence-corrected chi connectivity index (χ0v) is 12.8. The summed E-state index contributed by atoms with van der Waals surface area (Å²) in [6.07, 6.45) is 1.96. The molecule has 0 aliphatic heterocycles. The van der Waals surface area contributed by atoms with Crippen LogP contribution in [0.4, 0.5) is 0 Å². The minimum Gasteiger partial charge on any atom is -0.492 e. The quantitative estimate of drug-likeness (QED) is 0.612. The zero-order chi connectivity index (χ0) is 13.8. The Hall–Kier alpha value is -1.20. The van der Waals surface area contributed by atoms with Crippen molar-refractivity contribution in [3.8, 4) is 5.75 Å². The van der Waals surface area contributed by atoms with E-state index in [0.29, 0.717) is 18.8 Å². The highest BCUT2D eigenvalue weighted by Gasteiger charge is 2.18. The molecule has 19 heavy (non-hydrogen) atoms. The number of benzene rings is 1. The molecule has 2 aromatic rings. The number of ether oxygens (including phenoxy) is 2. The van der Waals surface area contributed by atoms with E-state index in [-0.39, 0.29) is 5.97 Å². The summed E-state index contributed by atoms with van der Waals surface area (Å²) in [4.78, 5) is 12.9. The first-order valence-corrected chi connectivity index (χ1v) is 8.21. The zero-order valence-electron chi connectivity index (χ0n) is 11.2. The van der Waals surface area contributed by atoms with Crippen molar-refractivity contribution >= 4 is 39.2 Å². The Morgan fingerprint density at radius 1 is 1.32 bits per heavy atom. The topological polar surface area (TPSA) is 35.5 Å². The minimum atomic E-state index is -0.276. The summed E-state index contributed by atoms with van der Waals surface area (Å²) >= 11 is 3.18. The number of rotatable bonds is 5. The fourth-order valence-electron chi connectivity index (χ4n) is 1.92. The van der Waals surface area contributed by atoms with Crippen LogP contribution in [0.3, 0.4) is 0 Å². The highest BCUT2D eigenvalue weighted by atomic mass is 32.2. The van der Waals surface area contributed by atoms with E-state index >= 15 is 0 Å². The minimum absolute atomic E-state index is 0.276. The Balaban J connectivity index is 2.60. The molecule has 0 aliphatic carbocycles. The van der Waals surface area contributed by atoms with E-state index < -0.39 is 0 Å². The van der Waals surface area contributed by atoms with Crippen LogP contribution in [0, 0.1) is 0 Å². The lowest BCUT2D eigenvalue weighted by atomic mass is 10.1. The smallest absolute Gasteiger partial charge is 0.339 e. The van der Waals surface area contributed by atoms with Crippen molar-refractivity contribution in [2.24, 2.45) is 0 Å². The third kappa shape index (κ3) is 2.72. The van der Waals surface area contributed by atoms with Gasteiger partial charge in [0.15, 0.2) is 0 Å². The maximum Gasteiger partial charge on any atom is 0.339 e. The molecule has 0 saturated heterocycles. The van der Waals surface area contributed by atoms with Gasteiger partial charge in [0.2, 0.25) is 0 Å². The van der Waals surface area contributed by atoms with Gasteiger partial charge in [-0.1, -0.05) is 0 Å². The van der Waals surface area contributed by atoms with E-state index in [2.05, 4.69) is 0 Å². The van der Waals surface area contributed by atoms with Gasteiger partial charge in [0.25, 0.3) is 0 Å². The molecule has 5 heteroatoms. The van der Waals surface area contributed by atoms with Crippen molar-refractivity contribution in [2.75, 3.05) is 19.5 Å². The molecule has 1 heterocycles. The second-order valence-corrected chi connectivity index (χ2v) is 5.50. The third-order valence-corrected chi connectivity index (χ3v) is 4.42. The summed E-state index contributed by atoms with van der Waals surface area (Å²) in [7, 11) is 0. The van der Waals surface area contributed by atoms with Crippen molar-refractivity contribution in [2.45, 2.75) is 18.7 Å².